The van der Waals surface area contributed by atoms with E-state index < -0.39 is 5.60 Å². The summed E-state index contributed by atoms with van der Waals surface area (Å²) in [4.78, 5) is 14.4. The summed E-state index contributed by atoms with van der Waals surface area (Å²) in [5.41, 5.74) is 3.58. The zero-order valence-corrected chi connectivity index (χ0v) is 23.5. The Hall–Kier alpha value is -2.19. The number of fused-ring (bicyclic) bond motifs is 3. The van der Waals surface area contributed by atoms with Gasteiger partial charge in [-0.3, -0.25) is 4.79 Å². The summed E-state index contributed by atoms with van der Waals surface area (Å²) in [6, 6.07) is 21.6. The molecule has 2 aliphatic heterocycles. The largest absolute Gasteiger partial charge is 0.363 e. The van der Waals surface area contributed by atoms with Crippen molar-refractivity contribution in [2.24, 2.45) is 40.4 Å². The van der Waals surface area contributed by atoms with Crippen LogP contribution in [0.15, 0.2) is 66.7 Å². The first-order valence-electron chi connectivity index (χ1n) is 15.4. The highest BCUT2D eigenvalue weighted by molar-refractivity contribution is 5.91. The van der Waals surface area contributed by atoms with Crippen molar-refractivity contribution < 1.29 is 9.53 Å². The molecule has 8 rings (SSSR count). The molecule has 2 saturated heterocycles. The Kier molecular flexibility index (Phi) is 5.82. The molecule has 38 heavy (non-hydrogen) atoms. The molecule has 1 spiro atoms. The SMILES string of the molecule is C[C@H](CC=C(c1ccccc1)c1ccccc1)[C@@H]1CC[C@H]2[C@@H]3CC[C@H]4C[C@H]5CC[C@]4(C)[C@@]3(O5)C(=O)C[C@]12C. The van der Waals surface area contributed by atoms with Gasteiger partial charge in [0.2, 0.25) is 0 Å². The summed E-state index contributed by atoms with van der Waals surface area (Å²) in [5, 5.41) is 0. The standard InChI is InChI=1S/C36H44O2/c1-24(14-16-29(25-10-6-4-7-11-25)26-12-8-5-9-13-26)30-18-19-31-32-17-15-27-22-28-20-21-35(27,3)36(32,38-28)33(37)23-34(30,31)2/h4-13,16,24,27-28,30-32H,14-15,17-23H2,1-3H3/t24-,27+,28-,30+,31+,32+,34-,35+,36+/m1/s1. The van der Waals surface area contributed by atoms with Crippen molar-refractivity contribution in [3.63, 3.8) is 0 Å². The third-order valence-electron chi connectivity index (χ3n) is 12.5. The lowest BCUT2D eigenvalue weighted by molar-refractivity contribution is -0.307. The lowest BCUT2D eigenvalue weighted by Crippen LogP contribution is -2.75. The van der Waals surface area contributed by atoms with E-state index >= 15 is 0 Å². The highest BCUT2D eigenvalue weighted by Crippen LogP contribution is 2.72. The molecule has 4 bridgehead atoms. The summed E-state index contributed by atoms with van der Waals surface area (Å²) in [6.45, 7) is 7.38. The maximum atomic E-state index is 14.4. The van der Waals surface area contributed by atoms with E-state index in [0.29, 0.717) is 41.5 Å². The molecule has 0 amide bonds. The van der Waals surface area contributed by atoms with Gasteiger partial charge in [0.05, 0.1) is 6.10 Å². The van der Waals surface area contributed by atoms with Gasteiger partial charge in [-0.1, -0.05) is 87.5 Å². The highest BCUT2D eigenvalue weighted by atomic mass is 16.5. The molecule has 2 heterocycles. The molecule has 4 aliphatic carbocycles. The van der Waals surface area contributed by atoms with E-state index in [9.17, 15) is 4.79 Å². The number of benzene rings is 2. The van der Waals surface area contributed by atoms with Gasteiger partial charge in [0.15, 0.2) is 5.78 Å². The lowest BCUT2D eigenvalue weighted by atomic mass is 9.40. The van der Waals surface area contributed by atoms with E-state index in [1.807, 2.05) is 0 Å². The number of carbonyl (C=O) groups excluding carboxylic acids is 1. The molecule has 0 radical (unpaired) electrons. The van der Waals surface area contributed by atoms with Gasteiger partial charge in [0, 0.05) is 11.8 Å². The molecule has 200 valence electrons. The van der Waals surface area contributed by atoms with Crippen molar-refractivity contribution in [3.8, 4) is 0 Å². The first kappa shape index (κ1) is 24.8. The van der Waals surface area contributed by atoms with E-state index in [1.165, 1.54) is 55.2 Å². The molecule has 4 saturated carbocycles. The number of rotatable bonds is 5. The normalized spacial score (nSPS) is 41.8. The molecule has 6 aliphatic rings. The Labute approximate surface area is 229 Å². The Balaban J connectivity index is 1.17. The minimum absolute atomic E-state index is 0.0653. The zero-order chi connectivity index (χ0) is 26.1. The van der Waals surface area contributed by atoms with Crippen molar-refractivity contribution in [2.75, 3.05) is 0 Å². The van der Waals surface area contributed by atoms with E-state index in [0.717, 1.165) is 19.3 Å². The van der Waals surface area contributed by atoms with Crippen molar-refractivity contribution in [1.82, 2.24) is 0 Å². The van der Waals surface area contributed by atoms with Crippen LogP contribution < -0.4 is 0 Å². The van der Waals surface area contributed by atoms with E-state index in [1.54, 1.807) is 0 Å². The van der Waals surface area contributed by atoms with Crippen LogP contribution in [0.3, 0.4) is 0 Å². The quantitative estimate of drug-likeness (QED) is 0.405. The van der Waals surface area contributed by atoms with Crippen LogP contribution in [0.5, 0.6) is 0 Å². The summed E-state index contributed by atoms with van der Waals surface area (Å²) in [5.74, 6) is 3.34. The molecule has 9 atom stereocenters. The van der Waals surface area contributed by atoms with Gasteiger partial charge in [-0.25, -0.2) is 0 Å². The number of ketones is 1. The third kappa shape index (κ3) is 3.38. The number of hydrogen-bond acceptors (Lipinski definition) is 2. The van der Waals surface area contributed by atoms with Crippen LogP contribution in [0, 0.1) is 40.4 Å². The third-order valence-corrected chi connectivity index (χ3v) is 12.5. The number of ether oxygens (including phenoxy) is 1. The summed E-state index contributed by atoms with van der Waals surface area (Å²) in [7, 11) is 0. The fourth-order valence-electron chi connectivity index (χ4n) is 10.7. The second-order valence-corrected chi connectivity index (χ2v) is 14.0. The smallest absolute Gasteiger partial charge is 0.166 e. The maximum Gasteiger partial charge on any atom is 0.166 e. The molecule has 6 fully saturated rings. The number of hydrogen-bond donors (Lipinski definition) is 0. The van der Waals surface area contributed by atoms with E-state index in [4.69, 9.17) is 4.74 Å². The van der Waals surface area contributed by atoms with Gasteiger partial charge in [0.1, 0.15) is 5.60 Å². The van der Waals surface area contributed by atoms with Crippen LogP contribution in [0.4, 0.5) is 0 Å². The highest BCUT2D eigenvalue weighted by Gasteiger charge is 2.74. The second kappa shape index (κ2) is 8.91. The topological polar surface area (TPSA) is 26.3 Å². The maximum absolute atomic E-state index is 14.4. The van der Waals surface area contributed by atoms with Crippen LogP contribution in [0.1, 0.15) is 89.7 Å². The van der Waals surface area contributed by atoms with Crippen LogP contribution >= 0.6 is 0 Å². The molecule has 2 heteroatoms. The molecular weight excluding hydrogens is 464 g/mol. The van der Waals surface area contributed by atoms with Crippen LogP contribution in [-0.4, -0.2) is 17.5 Å². The number of carbonyl (C=O) groups is 1. The predicted molar refractivity (Wildman–Crippen MR) is 153 cm³/mol. The molecular formula is C36H44O2. The minimum atomic E-state index is -0.479. The molecule has 2 aromatic rings. The van der Waals surface area contributed by atoms with Crippen molar-refractivity contribution >= 4 is 11.4 Å². The van der Waals surface area contributed by atoms with E-state index in [2.05, 4.69) is 87.5 Å². The molecule has 2 nitrogen and oxygen atoms in total. The number of allylic oxidation sites excluding steroid dienone is 1. The first-order valence-corrected chi connectivity index (χ1v) is 15.4. The lowest BCUT2D eigenvalue weighted by Gasteiger charge is -2.70. The van der Waals surface area contributed by atoms with Gasteiger partial charge in [-0.05, 0) is 103 Å². The van der Waals surface area contributed by atoms with Crippen LogP contribution in [-0.2, 0) is 9.53 Å². The molecule has 2 aromatic carbocycles. The van der Waals surface area contributed by atoms with E-state index in [-0.39, 0.29) is 10.8 Å². The van der Waals surface area contributed by atoms with Gasteiger partial charge in [0.25, 0.3) is 0 Å². The summed E-state index contributed by atoms with van der Waals surface area (Å²) < 4.78 is 6.93. The van der Waals surface area contributed by atoms with Crippen molar-refractivity contribution in [3.05, 3.63) is 77.9 Å². The Morgan fingerprint density at radius 1 is 0.921 bits per heavy atom. The first-order chi connectivity index (χ1) is 18.4. The van der Waals surface area contributed by atoms with Crippen LogP contribution in [0.2, 0.25) is 0 Å². The molecule has 0 aromatic heterocycles. The fraction of sp³-hybridized carbons (Fsp3) is 0.583. The van der Waals surface area contributed by atoms with Gasteiger partial charge >= 0.3 is 0 Å². The van der Waals surface area contributed by atoms with Gasteiger partial charge < -0.3 is 4.74 Å². The predicted octanol–water partition coefficient (Wildman–Crippen LogP) is 8.50. The molecule has 0 N–H and O–H groups in total. The number of Topliss-reactive ketones (excluding diaryl/α,β-unsaturated/α-hetero) is 1. The summed E-state index contributed by atoms with van der Waals surface area (Å²) >= 11 is 0. The Morgan fingerprint density at radius 2 is 1.58 bits per heavy atom. The van der Waals surface area contributed by atoms with Crippen molar-refractivity contribution in [2.45, 2.75) is 90.3 Å². The summed E-state index contributed by atoms with van der Waals surface area (Å²) in [6.07, 6.45) is 13.2. The Bertz CT molecular complexity index is 1190. The average molecular weight is 509 g/mol. The average Bonchev–Trinajstić information content (AvgIpc) is 3.26. The zero-order valence-electron chi connectivity index (χ0n) is 23.5. The molecule has 0 unspecified atom stereocenters. The fourth-order valence-corrected chi connectivity index (χ4v) is 10.7. The Morgan fingerprint density at radius 3 is 2.26 bits per heavy atom. The monoisotopic (exact) mass is 508 g/mol. The van der Waals surface area contributed by atoms with Gasteiger partial charge in [-0.15, -0.1) is 0 Å². The second-order valence-electron chi connectivity index (χ2n) is 14.0. The minimum Gasteiger partial charge on any atom is -0.363 e. The van der Waals surface area contributed by atoms with Gasteiger partial charge in [-0.2, -0.15) is 0 Å². The van der Waals surface area contributed by atoms with Crippen molar-refractivity contribution in [1.29, 1.82) is 0 Å². The van der Waals surface area contributed by atoms with Crippen LogP contribution in [0.25, 0.3) is 5.57 Å².